The van der Waals surface area contributed by atoms with E-state index < -0.39 is 33.9 Å². The van der Waals surface area contributed by atoms with Crippen LogP contribution in [-0.2, 0) is 24.3 Å². The van der Waals surface area contributed by atoms with Crippen molar-refractivity contribution in [2.24, 2.45) is 10.3 Å². The second kappa shape index (κ2) is 9.38. The summed E-state index contributed by atoms with van der Waals surface area (Å²) in [6, 6.07) is 13.1. The number of benzene rings is 2. The molecule has 34 heavy (non-hydrogen) atoms. The van der Waals surface area contributed by atoms with Gasteiger partial charge in [-0.3, -0.25) is 14.4 Å². The first kappa shape index (κ1) is 23.6. The number of fused-ring (bicyclic) bond motifs is 1. The molecule has 1 amide bonds. The number of amides is 1. The summed E-state index contributed by atoms with van der Waals surface area (Å²) in [6.45, 7) is 3.72. The standard InChI is InChI=1S/C24H25N3O6S/c1-15(28)17-7-5-9-19(13-17)25-23(29)16(2)33-24(30)18-8-6-12-27(14-18)22-20-10-3-4-11-21(20)34(31,32)26-22/h3-5,7,9-11,13,16,18H,6,8,12,14H2,1-2H3,(H,25,29)/t16-,18-/m0/s1. The molecule has 9 nitrogen and oxygen atoms in total. The zero-order valence-corrected chi connectivity index (χ0v) is 19.7. The van der Waals surface area contributed by atoms with Crippen molar-refractivity contribution in [2.45, 2.75) is 37.7 Å². The van der Waals surface area contributed by atoms with Crippen LogP contribution in [0.5, 0.6) is 0 Å². The summed E-state index contributed by atoms with van der Waals surface area (Å²) < 4.78 is 34.1. The second-order valence-corrected chi connectivity index (χ2v) is 9.95. The molecule has 10 heteroatoms. The Kier molecular flexibility index (Phi) is 6.52. The fourth-order valence-corrected chi connectivity index (χ4v) is 5.29. The lowest BCUT2D eigenvalue weighted by Crippen LogP contribution is -2.44. The number of ether oxygens (including phenoxy) is 1. The van der Waals surface area contributed by atoms with E-state index in [1.54, 1.807) is 47.4 Å². The monoisotopic (exact) mass is 483 g/mol. The molecular formula is C24H25N3O6S. The number of Topliss-reactive ketones (excluding diaryl/α,β-unsaturated/α-hetero) is 1. The van der Waals surface area contributed by atoms with Crippen molar-refractivity contribution in [3.05, 3.63) is 59.7 Å². The van der Waals surface area contributed by atoms with E-state index in [0.717, 1.165) is 0 Å². The number of amidine groups is 1. The van der Waals surface area contributed by atoms with Gasteiger partial charge in [0.15, 0.2) is 17.7 Å². The van der Waals surface area contributed by atoms with Crippen LogP contribution in [0.1, 0.15) is 42.6 Å². The SMILES string of the molecule is CC(=O)c1cccc(NC(=O)[C@H](C)OC(=O)[C@H]2CCCN(C3=NS(=O)(=O)c4ccccc43)C2)c1. The second-order valence-electron chi connectivity index (χ2n) is 8.38. The van der Waals surface area contributed by atoms with Gasteiger partial charge >= 0.3 is 5.97 Å². The number of rotatable bonds is 5. The third-order valence-corrected chi connectivity index (χ3v) is 7.19. The van der Waals surface area contributed by atoms with E-state index in [-0.39, 0.29) is 17.2 Å². The molecule has 0 aromatic heterocycles. The Labute approximate surface area is 197 Å². The maximum Gasteiger partial charge on any atom is 0.311 e. The molecule has 178 valence electrons. The van der Waals surface area contributed by atoms with Gasteiger partial charge in [0.1, 0.15) is 4.90 Å². The first-order chi connectivity index (χ1) is 16.2. The smallest absolute Gasteiger partial charge is 0.311 e. The number of carbonyl (C=O) groups is 3. The molecular weight excluding hydrogens is 458 g/mol. The van der Waals surface area contributed by atoms with Crippen LogP contribution < -0.4 is 5.32 Å². The summed E-state index contributed by atoms with van der Waals surface area (Å²) >= 11 is 0. The lowest BCUT2D eigenvalue weighted by Gasteiger charge is -2.33. The highest BCUT2D eigenvalue weighted by atomic mass is 32.2. The van der Waals surface area contributed by atoms with Gasteiger partial charge in [-0.05, 0) is 51.0 Å². The van der Waals surface area contributed by atoms with Crippen molar-refractivity contribution >= 4 is 39.2 Å². The molecule has 2 aliphatic rings. The molecule has 0 saturated carbocycles. The molecule has 2 heterocycles. The van der Waals surface area contributed by atoms with Crippen LogP contribution in [0.3, 0.4) is 0 Å². The number of nitrogens with zero attached hydrogens (tertiary/aromatic N) is 2. The van der Waals surface area contributed by atoms with E-state index in [2.05, 4.69) is 9.71 Å². The normalized spacial score (nSPS) is 19.5. The van der Waals surface area contributed by atoms with Gasteiger partial charge in [-0.25, -0.2) is 0 Å². The molecule has 0 aliphatic carbocycles. The van der Waals surface area contributed by atoms with Crippen molar-refractivity contribution in [1.29, 1.82) is 0 Å². The summed E-state index contributed by atoms with van der Waals surface area (Å²) in [7, 11) is -3.75. The molecule has 2 aromatic rings. The van der Waals surface area contributed by atoms with Crippen LogP contribution in [-0.4, -0.2) is 56.0 Å². The van der Waals surface area contributed by atoms with Gasteiger partial charge in [-0.2, -0.15) is 8.42 Å². The maximum absolute atomic E-state index is 12.8. The summed E-state index contributed by atoms with van der Waals surface area (Å²) in [4.78, 5) is 38.8. The summed E-state index contributed by atoms with van der Waals surface area (Å²) in [5.41, 5.74) is 1.42. The first-order valence-electron chi connectivity index (χ1n) is 11.0. The molecule has 1 fully saturated rings. The number of sulfonamides is 1. The minimum absolute atomic E-state index is 0.125. The molecule has 1 saturated heterocycles. The molecule has 0 unspecified atom stereocenters. The number of hydrogen-bond donors (Lipinski definition) is 1. The van der Waals surface area contributed by atoms with Crippen LogP contribution >= 0.6 is 0 Å². The van der Waals surface area contributed by atoms with E-state index in [1.807, 2.05) is 0 Å². The van der Waals surface area contributed by atoms with Gasteiger partial charge in [-0.15, -0.1) is 4.40 Å². The lowest BCUT2D eigenvalue weighted by atomic mass is 9.97. The Bertz CT molecular complexity index is 1290. The largest absolute Gasteiger partial charge is 0.452 e. The van der Waals surface area contributed by atoms with Crippen molar-refractivity contribution in [3.8, 4) is 0 Å². The predicted molar refractivity (Wildman–Crippen MR) is 125 cm³/mol. The zero-order chi connectivity index (χ0) is 24.5. The van der Waals surface area contributed by atoms with E-state index in [4.69, 9.17) is 4.74 Å². The average Bonchev–Trinajstić information content (AvgIpc) is 3.10. The topological polar surface area (TPSA) is 122 Å². The van der Waals surface area contributed by atoms with Gasteiger partial charge in [0.2, 0.25) is 0 Å². The number of carbonyl (C=O) groups excluding carboxylic acids is 3. The molecule has 2 atom stereocenters. The van der Waals surface area contributed by atoms with Gasteiger partial charge in [-0.1, -0.05) is 24.3 Å². The minimum atomic E-state index is -3.75. The quantitative estimate of drug-likeness (QED) is 0.512. The number of anilines is 1. The van der Waals surface area contributed by atoms with Crippen molar-refractivity contribution in [3.63, 3.8) is 0 Å². The Balaban J connectivity index is 1.39. The summed E-state index contributed by atoms with van der Waals surface area (Å²) in [5, 5.41) is 2.65. The van der Waals surface area contributed by atoms with Crippen molar-refractivity contribution in [2.75, 3.05) is 18.4 Å². The molecule has 2 aliphatic heterocycles. The summed E-state index contributed by atoms with van der Waals surface area (Å²) in [6.07, 6.45) is 0.166. The van der Waals surface area contributed by atoms with Crippen molar-refractivity contribution in [1.82, 2.24) is 4.90 Å². The third kappa shape index (κ3) is 4.86. The third-order valence-electron chi connectivity index (χ3n) is 5.87. The van der Waals surface area contributed by atoms with Crippen LogP contribution in [0.2, 0.25) is 0 Å². The Morgan fingerprint density at radius 3 is 2.68 bits per heavy atom. The van der Waals surface area contributed by atoms with Gasteiger partial charge < -0.3 is 15.0 Å². The Morgan fingerprint density at radius 2 is 1.91 bits per heavy atom. The van der Waals surface area contributed by atoms with E-state index in [1.165, 1.54) is 19.9 Å². The van der Waals surface area contributed by atoms with E-state index in [9.17, 15) is 22.8 Å². The number of hydrogen-bond acceptors (Lipinski definition) is 7. The molecule has 2 aromatic carbocycles. The van der Waals surface area contributed by atoms with Crippen LogP contribution in [0.25, 0.3) is 0 Å². The Hall–Kier alpha value is -3.53. The minimum Gasteiger partial charge on any atom is -0.452 e. The fourth-order valence-electron chi connectivity index (χ4n) is 4.06. The molecule has 0 spiro atoms. The van der Waals surface area contributed by atoms with Crippen molar-refractivity contribution < 1.29 is 27.5 Å². The number of nitrogens with one attached hydrogen (secondary N) is 1. The highest BCUT2D eigenvalue weighted by molar-refractivity contribution is 7.90. The van der Waals surface area contributed by atoms with Crippen LogP contribution in [0, 0.1) is 5.92 Å². The number of likely N-dealkylation sites (tertiary alicyclic amines) is 1. The Morgan fingerprint density at radius 1 is 1.15 bits per heavy atom. The van der Waals surface area contributed by atoms with Gasteiger partial charge in [0, 0.05) is 29.9 Å². The fraction of sp³-hybridized carbons (Fsp3) is 0.333. The first-order valence-corrected chi connectivity index (χ1v) is 12.4. The highest BCUT2D eigenvalue weighted by Gasteiger charge is 2.36. The molecule has 1 N–H and O–H groups in total. The molecule has 4 rings (SSSR count). The number of piperidine rings is 1. The number of ketones is 1. The van der Waals surface area contributed by atoms with Crippen LogP contribution in [0.4, 0.5) is 5.69 Å². The van der Waals surface area contributed by atoms with Gasteiger partial charge in [0.05, 0.1) is 5.92 Å². The maximum atomic E-state index is 12.8. The molecule has 0 radical (unpaired) electrons. The van der Waals surface area contributed by atoms with Gasteiger partial charge in [0.25, 0.3) is 15.9 Å². The lowest BCUT2D eigenvalue weighted by molar-refractivity contribution is -0.158. The predicted octanol–water partition coefficient (Wildman–Crippen LogP) is 2.62. The highest BCUT2D eigenvalue weighted by Crippen LogP contribution is 2.30. The average molecular weight is 484 g/mol. The van der Waals surface area contributed by atoms with E-state index in [0.29, 0.717) is 42.0 Å². The molecule has 0 bridgehead atoms. The zero-order valence-electron chi connectivity index (χ0n) is 18.9. The number of esters is 1. The van der Waals surface area contributed by atoms with E-state index >= 15 is 0 Å². The van der Waals surface area contributed by atoms with Crippen LogP contribution in [0.15, 0.2) is 57.8 Å². The summed E-state index contributed by atoms with van der Waals surface area (Å²) in [5.74, 6) is -1.35.